The van der Waals surface area contributed by atoms with E-state index in [1.165, 1.54) is 0 Å². The van der Waals surface area contributed by atoms with Crippen molar-refractivity contribution >= 4 is 16.9 Å². The summed E-state index contributed by atoms with van der Waals surface area (Å²) in [6, 6.07) is 2.95. The lowest BCUT2D eigenvalue weighted by molar-refractivity contribution is 0.370. The van der Waals surface area contributed by atoms with Gasteiger partial charge in [-0.3, -0.25) is 0 Å². The molecule has 112 valence electrons. The van der Waals surface area contributed by atoms with Gasteiger partial charge in [0.25, 0.3) is 0 Å². The number of hydrogen-bond donors (Lipinski definition) is 2. The fraction of sp³-hybridized carbons (Fsp3) is 0.333. The molecular weight excluding hydrogens is 284 g/mol. The molecule has 0 bridgehead atoms. The summed E-state index contributed by atoms with van der Waals surface area (Å²) in [5, 5.41) is 8.92. The number of hydrogen-bond acceptors (Lipinski definition) is 3. The number of aliphatic hydroxyl groups excluding tert-OH is 1. The minimum absolute atomic E-state index is 0.463. The average molecular weight is 311 g/mol. The Morgan fingerprint density at radius 1 is 0.800 bits per heavy atom. The van der Waals surface area contributed by atoms with Crippen molar-refractivity contribution in [3.63, 3.8) is 0 Å². The Bertz CT molecular complexity index is 344. The zero-order valence-electron chi connectivity index (χ0n) is 12.1. The Labute approximate surface area is 124 Å². The van der Waals surface area contributed by atoms with Crippen LogP contribution in [0.3, 0.4) is 0 Å². The Morgan fingerprint density at radius 2 is 1.25 bits per heavy atom. The van der Waals surface area contributed by atoms with Gasteiger partial charge in [0.2, 0.25) is 0 Å². The van der Waals surface area contributed by atoms with Gasteiger partial charge in [-0.25, -0.2) is 0 Å². The van der Waals surface area contributed by atoms with Crippen LogP contribution in [0.4, 0.5) is 0 Å². The second-order valence-electron chi connectivity index (χ2n) is 4.79. The molecular formula is C15H26O3Si2. The topological polar surface area (TPSA) is 49.7 Å². The number of allylic oxidation sites excluding steroid dienone is 5. The molecule has 0 aliphatic heterocycles. The summed E-state index contributed by atoms with van der Waals surface area (Å²) in [4.78, 5) is 10.8. The fourth-order valence-electron chi connectivity index (χ4n) is 2.19. The quantitative estimate of drug-likeness (QED) is 0.323. The molecule has 0 aromatic carbocycles. The molecule has 0 saturated heterocycles. The Hall–Kier alpha value is -1.15. The maximum Gasteiger partial charge on any atom is 0.332 e. The van der Waals surface area contributed by atoms with Crippen molar-refractivity contribution in [1.29, 1.82) is 0 Å². The summed E-state index contributed by atoms with van der Waals surface area (Å²) in [7, 11) is -5.19. The average Bonchev–Trinajstić information content (AvgIpc) is 2.37. The van der Waals surface area contributed by atoms with Crippen LogP contribution in [0.2, 0.25) is 30.2 Å². The predicted molar refractivity (Wildman–Crippen MR) is 91.4 cm³/mol. The highest BCUT2D eigenvalue weighted by Crippen LogP contribution is 2.30. The highest BCUT2D eigenvalue weighted by atomic mass is 28.4. The SMILES string of the molecule is C=CC[Si](O)(CC=C)O[Si](CC=C)(CC=C)CC=CO. The molecule has 20 heavy (non-hydrogen) atoms. The van der Waals surface area contributed by atoms with Gasteiger partial charge in [0.1, 0.15) is 0 Å². The number of aliphatic hydroxyl groups is 1. The molecule has 0 aliphatic carbocycles. The van der Waals surface area contributed by atoms with Crippen LogP contribution in [0.5, 0.6) is 0 Å². The van der Waals surface area contributed by atoms with Gasteiger partial charge in [0, 0.05) is 12.1 Å². The minimum Gasteiger partial charge on any atom is -0.516 e. The standard InChI is InChI=1S/C15H26O3Si2/c1-5-11-19(12-6-2,15-9-10-16)18-20(17,13-7-3)14-8-4/h5-10,16-17H,1-4,11-15H2. The second-order valence-corrected chi connectivity index (χ2v) is 11.9. The smallest absolute Gasteiger partial charge is 0.332 e. The Balaban J connectivity index is 5.33. The van der Waals surface area contributed by atoms with Gasteiger partial charge >= 0.3 is 8.56 Å². The van der Waals surface area contributed by atoms with E-state index >= 15 is 0 Å². The van der Waals surface area contributed by atoms with Crippen molar-refractivity contribution in [2.24, 2.45) is 0 Å². The first-order chi connectivity index (χ1) is 9.51. The summed E-state index contributed by atoms with van der Waals surface area (Å²) >= 11 is 0. The van der Waals surface area contributed by atoms with Gasteiger partial charge in [-0.1, -0.05) is 30.4 Å². The summed E-state index contributed by atoms with van der Waals surface area (Å²) in [5.41, 5.74) is 0. The van der Waals surface area contributed by atoms with Gasteiger partial charge in [-0.05, 0) is 18.1 Å². The van der Waals surface area contributed by atoms with Crippen molar-refractivity contribution in [3.05, 3.63) is 63.0 Å². The Morgan fingerprint density at radius 3 is 1.60 bits per heavy atom. The van der Waals surface area contributed by atoms with Gasteiger partial charge in [-0.2, -0.15) is 0 Å². The molecule has 0 amide bonds. The van der Waals surface area contributed by atoms with Crippen LogP contribution in [0.25, 0.3) is 0 Å². The summed E-state index contributed by atoms with van der Waals surface area (Å²) < 4.78 is 6.28. The highest BCUT2D eigenvalue weighted by molar-refractivity contribution is 6.85. The van der Waals surface area contributed by atoms with Gasteiger partial charge in [0.15, 0.2) is 8.32 Å². The summed E-state index contributed by atoms with van der Waals surface area (Å²) in [5.74, 6) is 0. The zero-order chi connectivity index (χ0) is 15.5. The van der Waals surface area contributed by atoms with E-state index in [1.807, 2.05) is 12.2 Å². The molecule has 0 radical (unpaired) electrons. The van der Waals surface area contributed by atoms with Crippen molar-refractivity contribution in [1.82, 2.24) is 0 Å². The molecule has 0 spiro atoms. The predicted octanol–water partition coefficient (Wildman–Crippen LogP) is 4.20. The first-order valence-electron chi connectivity index (χ1n) is 6.67. The normalized spacial score (nSPS) is 12.2. The van der Waals surface area contributed by atoms with Crippen LogP contribution < -0.4 is 0 Å². The lowest BCUT2D eigenvalue weighted by atomic mass is 10.7. The van der Waals surface area contributed by atoms with Gasteiger partial charge in [-0.15, -0.1) is 26.3 Å². The van der Waals surface area contributed by atoms with Crippen molar-refractivity contribution in [3.8, 4) is 0 Å². The maximum absolute atomic E-state index is 10.8. The Kier molecular flexibility index (Phi) is 9.15. The molecule has 5 heteroatoms. The third-order valence-electron chi connectivity index (χ3n) is 2.96. The van der Waals surface area contributed by atoms with Gasteiger partial charge in [0.05, 0.1) is 6.26 Å². The van der Waals surface area contributed by atoms with Crippen molar-refractivity contribution in [2.45, 2.75) is 30.2 Å². The van der Waals surface area contributed by atoms with E-state index in [-0.39, 0.29) is 0 Å². The highest BCUT2D eigenvalue weighted by Gasteiger charge is 2.42. The van der Waals surface area contributed by atoms with E-state index in [0.29, 0.717) is 30.2 Å². The third kappa shape index (κ3) is 6.34. The summed E-state index contributed by atoms with van der Waals surface area (Å²) in [6.45, 7) is 15.0. The molecule has 0 saturated carbocycles. The van der Waals surface area contributed by atoms with E-state index < -0.39 is 16.9 Å². The van der Waals surface area contributed by atoms with Gasteiger partial charge < -0.3 is 14.0 Å². The molecule has 2 N–H and O–H groups in total. The van der Waals surface area contributed by atoms with Crippen LogP contribution in [-0.4, -0.2) is 26.8 Å². The first kappa shape index (κ1) is 18.9. The van der Waals surface area contributed by atoms with Crippen molar-refractivity contribution < 1.29 is 14.0 Å². The van der Waals surface area contributed by atoms with Crippen LogP contribution in [-0.2, 0) is 4.12 Å². The van der Waals surface area contributed by atoms with Crippen molar-refractivity contribution in [2.75, 3.05) is 0 Å². The van der Waals surface area contributed by atoms with E-state index in [0.717, 1.165) is 6.26 Å². The van der Waals surface area contributed by atoms with Crippen LogP contribution in [0, 0.1) is 0 Å². The minimum atomic E-state index is -2.89. The molecule has 0 heterocycles. The molecule has 0 rings (SSSR count). The van der Waals surface area contributed by atoms with E-state index in [4.69, 9.17) is 9.22 Å². The van der Waals surface area contributed by atoms with Crippen LogP contribution in [0.1, 0.15) is 0 Å². The monoisotopic (exact) mass is 310 g/mol. The number of rotatable bonds is 12. The second kappa shape index (κ2) is 9.71. The molecule has 3 nitrogen and oxygen atoms in total. The van der Waals surface area contributed by atoms with E-state index in [9.17, 15) is 4.80 Å². The summed E-state index contributed by atoms with van der Waals surface area (Å²) in [6.07, 6.45) is 9.72. The first-order valence-corrected chi connectivity index (χ1v) is 11.5. The van der Waals surface area contributed by atoms with E-state index in [1.54, 1.807) is 18.2 Å². The van der Waals surface area contributed by atoms with E-state index in [2.05, 4.69) is 26.3 Å². The van der Waals surface area contributed by atoms with Crippen LogP contribution >= 0.6 is 0 Å². The molecule has 0 aromatic rings. The molecule has 0 aromatic heterocycles. The molecule has 0 unspecified atom stereocenters. The third-order valence-corrected chi connectivity index (χ3v) is 11.1. The lowest BCUT2D eigenvalue weighted by Gasteiger charge is -2.37. The molecule has 0 atom stereocenters. The largest absolute Gasteiger partial charge is 0.516 e. The maximum atomic E-state index is 10.8. The lowest BCUT2D eigenvalue weighted by Crippen LogP contribution is -2.50. The molecule has 0 aliphatic rings. The fourth-order valence-corrected chi connectivity index (χ4v) is 10.2. The van der Waals surface area contributed by atoms with Crippen LogP contribution in [0.15, 0.2) is 63.0 Å². The molecule has 0 fully saturated rings. The zero-order valence-corrected chi connectivity index (χ0v) is 14.1.